The van der Waals surface area contributed by atoms with E-state index in [1.165, 1.54) is 6.07 Å². The Hall–Kier alpha value is -1.29. The van der Waals surface area contributed by atoms with Crippen molar-refractivity contribution in [3.63, 3.8) is 0 Å². The monoisotopic (exact) mass is 331 g/mol. The molecule has 16 heavy (non-hydrogen) atoms. The number of nitriles is 1. The van der Waals surface area contributed by atoms with Crippen molar-refractivity contribution in [1.29, 1.82) is 5.26 Å². The largest absolute Gasteiger partial charge is 0.507 e. The van der Waals surface area contributed by atoms with Gasteiger partial charge in [0.05, 0.1) is 28.2 Å². The van der Waals surface area contributed by atoms with Crippen LogP contribution in [-0.2, 0) is 16.0 Å². The molecule has 0 aliphatic rings. The highest BCUT2D eigenvalue weighted by Gasteiger charge is 2.11. The molecule has 0 fully saturated rings. The highest BCUT2D eigenvalue weighted by atomic mass is 127. The molecule has 0 aliphatic carbocycles. The first-order valence-electron chi connectivity index (χ1n) is 4.65. The van der Waals surface area contributed by atoms with Crippen LogP contribution in [0.4, 0.5) is 0 Å². The van der Waals surface area contributed by atoms with E-state index in [2.05, 4.69) is 0 Å². The number of hydrogen-bond acceptors (Lipinski definition) is 4. The topological polar surface area (TPSA) is 70.3 Å². The van der Waals surface area contributed by atoms with Crippen LogP contribution in [0.15, 0.2) is 12.1 Å². The Bertz CT molecular complexity index is 451. The molecule has 0 unspecified atom stereocenters. The van der Waals surface area contributed by atoms with Gasteiger partial charge in [0.15, 0.2) is 0 Å². The van der Waals surface area contributed by atoms with E-state index in [0.29, 0.717) is 21.3 Å². The molecule has 1 rings (SSSR count). The number of carbonyl (C=O) groups excluding carboxylic acids is 1. The second-order valence-corrected chi connectivity index (χ2v) is 4.22. The summed E-state index contributed by atoms with van der Waals surface area (Å²) in [5.74, 6) is -0.328. The molecule has 0 saturated carbocycles. The molecule has 0 saturated heterocycles. The third kappa shape index (κ3) is 3.10. The number of esters is 1. The molecule has 0 amide bonds. The summed E-state index contributed by atoms with van der Waals surface area (Å²) in [6, 6.07) is 4.91. The lowest BCUT2D eigenvalue weighted by molar-refractivity contribution is -0.142. The molecular formula is C11H10INO3. The molecule has 0 radical (unpaired) electrons. The lowest BCUT2D eigenvalue weighted by atomic mass is 10.1. The van der Waals surface area contributed by atoms with Crippen LogP contribution in [0.3, 0.4) is 0 Å². The van der Waals surface area contributed by atoms with E-state index in [4.69, 9.17) is 10.00 Å². The quantitative estimate of drug-likeness (QED) is 0.679. The van der Waals surface area contributed by atoms with Crippen molar-refractivity contribution < 1.29 is 14.6 Å². The Morgan fingerprint density at radius 1 is 1.62 bits per heavy atom. The summed E-state index contributed by atoms with van der Waals surface area (Å²) in [6.07, 6.45) is 0.0486. The van der Waals surface area contributed by atoms with E-state index < -0.39 is 0 Å². The molecule has 0 heterocycles. The highest BCUT2D eigenvalue weighted by Crippen LogP contribution is 2.24. The Balaban J connectivity index is 3.00. The fourth-order valence-corrected chi connectivity index (χ4v) is 1.75. The zero-order valence-electron chi connectivity index (χ0n) is 8.66. The third-order valence-corrected chi connectivity index (χ3v) is 2.80. The van der Waals surface area contributed by atoms with Gasteiger partial charge in [0.1, 0.15) is 5.75 Å². The van der Waals surface area contributed by atoms with Gasteiger partial charge in [-0.05, 0) is 47.2 Å². The van der Waals surface area contributed by atoms with Crippen molar-refractivity contribution in [2.24, 2.45) is 0 Å². The summed E-state index contributed by atoms with van der Waals surface area (Å²) < 4.78 is 5.41. The first-order valence-corrected chi connectivity index (χ1v) is 5.73. The molecule has 0 spiro atoms. The fourth-order valence-electron chi connectivity index (χ4n) is 1.22. The Kier molecular flexibility index (Phi) is 4.55. The van der Waals surface area contributed by atoms with E-state index in [-0.39, 0.29) is 18.1 Å². The van der Waals surface area contributed by atoms with E-state index in [1.807, 2.05) is 28.7 Å². The minimum atomic E-state index is -0.375. The van der Waals surface area contributed by atoms with Crippen LogP contribution in [0, 0.1) is 14.9 Å². The zero-order valence-corrected chi connectivity index (χ0v) is 10.8. The van der Waals surface area contributed by atoms with Crippen molar-refractivity contribution in [2.45, 2.75) is 13.3 Å². The smallest absolute Gasteiger partial charge is 0.310 e. The number of carbonyl (C=O) groups is 1. The van der Waals surface area contributed by atoms with Gasteiger partial charge in [0.25, 0.3) is 0 Å². The van der Waals surface area contributed by atoms with Crippen LogP contribution in [0.2, 0.25) is 0 Å². The number of phenolic OH excluding ortho intramolecular Hbond substituents is 1. The molecule has 1 N–H and O–H groups in total. The van der Waals surface area contributed by atoms with Gasteiger partial charge < -0.3 is 9.84 Å². The number of rotatable bonds is 3. The number of aromatic hydroxyl groups is 1. The second kappa shape index (κ2) is 5.70. The van der Waals surface area contributed by atoms with Crippen LogP contribution in [0.5, 0.6) is 5.75 Å². The van der Waals surface area contributed by atoms with Crippen molar-refractivity contribution in [1.82, 2.24) is 0 Å². The average Bonchev–Trinajstić information content (AvgIpc) is 2.23. The molecule has 84 valence electrons. The van der Waals surface area contributed by atoms with Crippen molar-refractivity contribution >= 4 is 28.6 Å². The number of phenols is 1. The van der Waals surface area contributed by atoms with Gasteiger partial charge in [-0.15, -0.1) is 0 Å². The van der Waals surface area contributed by atoms with Crippen LogP contribution in [0.25, 0.3) is 0 Å². The predicted molar refractivity (Wildman–Crippen MR) is 65.9 cm³/mol. The molecule has 0 atom stereocenters. The Morgan fingerprint density at radius 3 is 2.88 bits per heavy atom. The molecular weight excluding hydrogens is 321 g/mol. The van der Waals surface area contributed by atoms with Gasteiger partial charge in [-0.3, -0.25) is 4.79 Å². The number of nitrogens with zero attached hydrogens (tertiary/aromatic N) is 1. The van der Waals surface area contributed by atoms with Gasteiger partial charge in [-0.2, -0.15) is 5.26 Å². The first-order chi connectivity index (χ1) is 7.58. The molecule has 0 aromatic heterocycles. The van der Waals surface area contributed by atoms with E-state index in [1.54, 1.807) is 13.0 Å². The average molecular weight is 331 g/mol. The van der Waals surface area contributed by atoms with Crippen LogP contribution < -0.4 is 0 Å². The van der Waals surface area contributed by atoms with E-state index >= 15 is 0 Å². The second-order valence-electron chi connectivity index (χ2n) is 3.05. The Morgan fingerprint density at radius 2 is 2.31 bits per heavy atom. The first kappa shape index (κ1) is 12.8. The number of benzene rings is 1. The standard InChI is InChI=1S/C11H10INO3/c1-2-16-11(15)5-7-3-9(12)10(14)4-8(7)6-13/h3-4,14H,2,5H2,1H3. The van der Waals surface area contributed by atoms with Crippen LogP contribution in [-0.4, -0.2) is 17.7 Å². The summed E-state index contributed by atoms with van der Waals surface area (Å²) in [5, 5.41) is 18.3. The lowest BCUT2D eigenvalue weighted by Gasteiger charge is -2.06. The maximum Gasteiger partial charge on any atom is 0.310 e. The fraction of sp³-hybridized carbons (Fsp3) is 0.273. The lowest BCUT2D eigenvalue weighted by Crippen LogP contribution is -2.08. The molecule has 0 bridgehead atoms. The minimum absolute atomic E-state index is 0.0461. The summed E-state index contributed by atoms with van der Waals surface area (Å²) in [4.78, 5) is 11.3. The summed E-state index contributed by atoms with van der Waals surface area (Å²) >= 11 is 1.94. The molecule has 5 heteroatoms. The van der Waals surface area contributed by atoms with E-state index in [0.717, 1.165) is 0 Å². The number of ether oxygens (including phenoxy) is 1. The van der Waals surface area contributed by atoms with Gasteiger partial charge in [-0.1, -0.05) is 0 Å². The SMILES string of the molecule is CCOC(=O)Cc1cc(I)c(O)cc1C#N. The van der Waals surface area contributed by atoms with Gasteiger partial charge in [-0.25, -0.2) is 0 Å². The molecule has 4 nitrogen and oxygen atoms in total. The summed E-state index contributed by atoms with van der Waals surface area (Å²) in [6.45, 7) is 2.04. The summed E-state index contributed by atoms with van der Waals surface area (Å²) in [5.41, 5.74) is 0.870. The predicted octanol–water partition coefficient (Wildman–Crippen LogP) is 1.97. The maximum atomic E-state index is 11.3. The van der Waals surface area contributed by atoms with Gasteiger partial charge >= 0.3 is 5.97 Å². The van der Waals surface area contributed by atoms with Crippen LogP contribution in [0.1, 0.15) is 18.1 Å². The normalized spacial score (nSPS) is 9.56. The third-order valence-electron chi connectivity index (χ3n) is 1.93. The Labute approximate surface area is 107 Å². The van der Waals surface area contributed by atoms with Crippen molar-refractivity contribution in [2.75, 3.05) is 6.61 Å². The molecule has 1 aromatic carbocycles. The number of hydrogen-bond donors (Lipinski definition) is 1. The zero-order chi connectivity index (χ0) is 12.1. The summed E-state index contributed by atoms with van der Waals surface area (Å²) in [7, 11) is 0. The molecule has 0 aliphatic heterocycles. The van der Waals surface area contributed by atoms with Crippen molar-refractivity contribution in [3.8, 4) is 11.8 Å². The van der Waals surface area contributed by atoms with Gasteiger partial charge in [0, 0.05) is 0 Å². The maximum absolute atomic E-state index is 11.3. The van der Waals surface area contributed by atoms with E-state index in [9.17, 15) is 9.90 Å². The highest BCUT2D eigenvalue weighted by molar-refractivity contribution is 14.1. The van der Waals surface area contributed by atoms with Crippen molar-refractivity contribution in [3.05, 3.63) is 26.8 Å². The number of halogens is 1. The minimum Gasteiger partial charge on any atom is -0.507 e. The van der Waals surface area contributed by atoms with Crippen LogP contribution >= 0.6 is 22.6 Å². The molecule has 1 aromatic rings. The van der Waals surface area contributed by atoms with Gasteiger partial charge in [0.2, 0.25) is 0 Å².